The highest BCUT2D eigenvalue weighted by Gasteiger charge is 2.10. The van der Waals surface area contributed by atoms with Gasteiger partial charge in [-0.25, -0.2) is 0 Å². The van der Waals surface area contributed by atoms with E-state index < -0.39 is 0 Å². The van der Waals surface area contributed by atoms with Crippen LogP contribution in [0.15, 0.2) is 97.2 Å². The largest absolute Gasteiger partial charge is 0.311 e. The highest BCUT2D eigenvalue weighted by atomic mass is 15.1. The van der Waals surface area contributed by atoms with Gasteiger partial charge in [0.05, 0.1) is 0 Å². The van der Waals surface area contributed by atoms with Gasteiger partial charge in [0.1, 0.15) is 0 Å². The van der Waals surface area contributed by atoms with Gasteiger partial charge in [-0.3, -0.25) is 0 Å². The maximum atomic E-state index is 3.94. The lowest BCUT2D eigenvalue weighted by molar-refractivity contribution is 1.21. The van der Waals surface area contributed by atoms with E-state index >= 15 is 0 Å². The Morgan fingerprint density at radius 2 is 1.40 bits per heavy atom. The van der Waals surface area contributed by atoms with Crippen LogP contribution in [0.4, 0.5) is 11.4 Å². The summed E-state index contributed by atoms with van der Waals surface area (Å²) in [5.41, 5.74) is 3.28. The zero-order valence-electron chi connectivity index (χ0n) is 11.7. The molecular formula is C19H19N. The minimum Gasteiger partial charge on any atom is -0.311 e. The van der Waals surface area contributed by atoms with Crippen molar-refractivity contribution in [3.63, 3.8) is 0 Å². The molecule has 100 valence electrons. The number of nitrogens with zero attached hydrogens (tertiary/aromatic N) is 1. The third kappa shape index (κ3) is 3.27. The lowest BCUT2D eigenvalue weighted by atomic mass is 10.2. The molecule has 0 aliphatic carbocycles. The van der Waals surface area contributed by atoms with E-state index in [1.165, 1.54) is 0 Å². The van der Waals surface area contributed by atoms with Gasteiger partial charge in [-0.05, 0) is 43.3 Å². The van der Waals surface area contributed by atoms with E-state index in [1.807, 2.05) is 61.5 Å². The van der Waals surface area contributed by atoms with Crippen LogP contribution in [0, 0.1) is 0 Å². The number of hydrogen-bond acceptors (Lipinski definition) is 1. The zero-order chi connectivity index (χ0) is 14.2. The molecule has 0 radical (unpaired) electrons. The van der Waals surface area contributed by atoms with Gasteiger partial charge < -0.3 is 4.90 Å². The van der Waals surface area contributed by atoms with Crippen molar-refractivity contribution in [3.8, 4) is 0 Å². The van der Waals surface area contributed by atoms with Crippen LogP contribution in [0.3, 0.4) is 0 Å². The SMILES string of the molecule is C=C/C(=C\C=C/C)N(c1ccccc1)c1ccccc1. The molecule has 2 aromatic rings. The molecule has 0 unspecified atom stereocenters. The van der Waals surface area contributed by atoms with E-state index in [4.69, 9.17) is 0 Å². The second-order valence-corrected chi connectivity index (χ2v) is 4.33. The first-order chi connectivity index (χ1) is 9.86. The lowest BCUT2D eigenvalue weighted by Crippen LogP contribution is -2.14. The van der Waals surface area contributed by atoms with E-state index in [9.17, 15) is 0 Å². The summed E-state index contributed by atoms with van der Waals surface area (Å²) in [5.74, 6) is 0. The Bertz CT molecular complexity index is 555. The van der Waals surface area contributed by atoms with Gasteiger partial charge in [-0.1, -0.05) is 55.1 Å². The molecule has 0 aliphatic heterocycles. The summed E-state index contributed by atoms with van der Waals surface area (Å²) in [5, 5.41) is 0. The van der Waals surface area contributed by atoms with Crippen molar-refractivity contribution in [2.45, 2.75) is 6.92 Å². The topological polar surface area (TPSA) is 3.24 Å². The Labute approximate surface area is 121 Å². The van der Waals surface area contributed by atoms with Crippen LogP contribution in [-0.4, -0.2) is 0 Å². The second kappa shape index (κ2) is 7.15. The summed E-state index contributed by atoms with van der Waals surface area (Å²) in [6, 6.07) is 20.6. The number of allylic oxidation sites excluding steroid dienone is 4. The molecule has 0 saturated heterocycles. The van der Waals surface area contributed by atoms with Gasteiger partial charge in [-0.15, -0.1) is 0 Å². The van der Waals surface area contributed by atoms with Crippen molar-refractivity contribution in [3.05, 3.63) is 97.2 Å². The number of para-hydroxylation sites is 2. The molecule has 0 amide bonds. The van der Waals surface area contributed by atoms with Crippen molar-refractivity contribution < 1.29 is 0 Å². The van der Waals surface area contributed by atoms with Crippen molar-refractivity contribution >= 4 is 11.4 Å². The number of benzene rings is 2. The molecule has 0 spiro atoms. The van der Waals surface area contributed by atoms with Crippen LogP contribution in [-0.2, 0) is 0 Å². The summed E-state index contributed by atoms with van der Waals surface area (Å²) >= 11 is 0. The molecule has 1 nitrogen and oxygen atoms in total. The Morgan fingerprint density at radius 1 is 0.900 bits per heavy atom. The Morgan fingerprint density at radius 3 is 1.80 bits per heavy atom. The van der Waals surface area contributed by atoms with Crippen LogP contribution < -0.4 is 4.90 Å². The summed E-state index contributed by atoms with van der Waals surface area (Å²) < 4.78 is 0. The number of rotatable bonds is 5. The number of hydrogen-bond donors (Lipinski definition) is 0. The first-order valence-corrected chi connectivity index (χ1v) is 6.72. The van der Waals surface area contributed by atoms with Crippen molar-refractivity contribution in [2.75, 3.05) is 4.90 Å². The monoisotopic (exact) mass is 261 g/mol. The average Bonchev–Trinajstić information content (AvgIpc) is 2.53. The molecule has 0 aliphatic rings. The Kier molecular flexibility index (Phi) is 4.96. The second-order valence-electron chi connectivity index (χ2n) is 4.33. The van der Waals surface area contributed by atoms with Crippen LogP contribution in [0.5, 0.6) is 0 Å². The maximum absolute atomic E-state index is 3.94. The third-order valence-electron chi connectivity index (χ3n) is 2.96. The first kappa shape index (κ1) is 13.9. The number of anilines is 2. The van der Waals surface area contributed by atoms with Crippen LogP contribution in [0.2, 0.25) is 0 Å². The summed E-state index contributed by atoms with van der Waals surface area (Å²) in [4.78, 5) is 2.19. The maximum Gasteiger partial charge on any atom is 0.0461 e. The van der Waals surface area contributed by atoms with Gasteiger partial charge in [0, 0.05) is 17.1 Å². The highest BCUT2D eigenvalue weighted by molar-refractivity contribution is 5.70. The standard InChI is InChI=1S/C19H19N/c1-3-5-12-17(4-2)20(18-13-8-6-9-14-18)19-15-10-7-11-16-19/h3-16H,2H2,1H3/b5-3-,17-12+. The fourth-order valence-corrected chi connectivity index (χ4v) is 2.03. The molecule has 0 bridgehead atoms. The Balaban J connectivity index is 2.52. The van der Waals surface area contributed by atoms with E-state index in [1.54, 1.807) is 0 Å². The predicted octanol–water partition coefficient (Wildman–Crippen LogP) is 5.47. The molecule has 2 rings (SSSR count). The molecule has 2 aromatic carbocycles. The minimum atomic E-state index is 1.04. The first-order valence-electron chi connectivity index (χ1n) is 6.72. The van der Waals surface area contributed by atoms with Crippen molar-refractivity contribution in [1.29, 1.82) is 0 Å². The van der Waals surface area contributed by atoms with Gasteiger partial charge in [0.2, 0.25) is 0 Å². The zero-order valence-corrected chi connectivity index (χ0v) is 11.7. The van der Waals surface area contributed by atoms with Crippen LogP contribution >= 0.6 is 0 Å². The fraction of sp³-hybridized carbons (Fsp3) is 0.0526. The van der Waals surface area contributed by atoms with E-state index in [-0.39, 0.29) is 0 Å². The van der Waals surface area contributed by atoms with Crippen molar-refractivity contribution in [1.82, 2.24) is 0 Å². The molecule has 0 N–H and O–H groups in total. The molecular weight excluding hydrogens is 242 g/mol. The summed E-state index contributed by atoms with van der Waals surface area (Å²) in [6.07, 6.45) is 7.97. The predicted molar refractivity (Wildman–Crippen MR) is 88.1 cm³/mol. The molecule has 0 saturated carbocycles. The quantitative estimate of drug-likeness (QED) is 0.645. The van der Waals surface area contributed by atoms with Gasteiger partial charge in [0.25, 0.3) is 0 Å². The molecule has 0 aromatic heterocycles. The van der Waals surface area contributed by atoms with Gasteiger partial charge in [0.15, 0.2) is 0 Å². The minimum absolute atomic E-state index is 1.04. The smallest absolute Gasteiger partial charge is 0.0461 e. The molecule has 0 heterocycles. The molecule has 0 fully saturated rings. The van der Waals surface area contributed by atoms with Gasteiger partial charge >= 0.3 is 0 Å². The summed E-state index contributed by atoms with van der Waals surface area (Å²) in [6.45, 7) is 5.95. The highest BCUT2D eigenvalue weighted by Crippen LogP contribution is 2.29. The van der Waals surface area contributed by atoms with Crippen LogP contribution in [0.1, 0.15) is 6.92 Å². The normalized spacial score (nSPS) is 11.6. The Hall–Kier alpha value is -2.54. The molecule has 1 heteroatoms. The fourth-order valence-electron chi connectivity index (χ4n) is 2.03. The van der Waals surface area contributed by atoms with E-state index in [0.717, 1.165) is 17.1 Å². The average molecular weight is 261 g/mol. The summed E-state index contributed by atoms with van der Waals surface area (Å²) in [7, 11) is 0. The molecule has 0 atom stereocenters. The third-order valence-corrected chi connectivity index (χ3v) is 2.96. The van der Waals surface area contributed by atoms with Crippen LogP contribution in [0.25, 0.3) is 0 Å². The van der Waals surface area contributed by atoms with Crippen molar-refractivity contribution in [2.24, 2.45) is 0 Å². The van der Waals surface area contributed by atoms with Gasteiger partial charge in [-0.2, -0.15) is 0 Å². The van der Waals surface area contributed by atoms with E-state index in [0.29, 0.717) is 0 Å². The lowest BCUT2D eigenvalue weighted by Gasteiger charge is -2.26. The van der Waals surface area contributed by atoms with E-state index in [2.05, 4.69) is 41.8 Å². The molecule has 20 heavy (non-hydrogen) atoms.